The maximum Gasteiger partial charge on any atom is 0.338 e. The fraction of sp³-hybridized carbons (Fsp3) is 0.387. The largest absolute Gasteiger partial charge is 0.459 e. The Hall–Kier alpha value is -4.38. The van der Waals surface area contributed by atoms with Crippen LogP contribution < -0.4 is 5.32 Å². The van der Waals surface area contributed by atoms with Crippen molar-refractivity contribution >= 4 is 28.9 Å². The SMILES string of the molecule is CC[C@]1(COC(=O)c2ccc(C)cc2)O[C@@H](n2cnc3c(NC4CC4)nc(F)nc32)C[C@@H]1OC(=O)c1ccc(C)cc1. The maximum absolute atomic E-state index is 14.5. The number of esters is 2. The number of rotatable bonds is 9. The Bertz CT molecular complexity index is 1620. The van der Waals surface area contributed by atoms with Crippen molar-refractivity contribution in [2.45, 2.75) is 70.4 Å². The molecule has 2 fully saturated rings. The van der Waals surface area contributed by atoms with Crippen molar-refractivity contribution in [1.82, 2.24) is 19.5 Å². The fourth-order valence-electron chi connectivity index (χ4n) is 5.13. The standard InChI is InChI=1S/C31H32FN5O5/c1-4-31(16-40-28(38)20-9-5-18(2)6-10-20)23(41-29(39)21-11-7-19(3)8-12-21)15-24(42-31)37-17-33-25-26(34-22-13-14-22)35-30(32)36-27(25)37/h5-12,17,22-24H,4,13-16H2,1-3H3,(H,34,35,36)/t23-,24+,31+/m0/s1. The molecule has 11 heteroatoms. The summed E-state index contributed by atoms with van der Waals surface area (Å²) in [6.45, 7) is 5.58. The molecule has 0 spiro atoms. The molecule has 42 heavy (non-hydrogen) atoms. The molecule has 0 amide bonds. The van der Waals surface area contributed by atoms with Crippen LogP contribution in [0.2, 0.25) is 0 Å². The zero-order valence-corrected chi connectivity index (χ0v) is 23.7. The van der Waals surface area contributed by atoms with E-state index < -0.39 is 35.9 Å². The number of carbonyl (C=O) groups excluding carboxylic acids is 2. The number of nitrogens with one attached hydrogen (secondary N) is 1. The van der Waals surface area contributed by atoms with Gasteiger partial charge in [0.2, 0.25) is 0 Å². The van der Waals surface area contributed by atoms with Crippen molar-refractivity contribution in [3.05, 3.63) is 83.2 Å². The first kappa shape index (κ1) is 27.8. The minimum absolute atomic E-state index is 0.164. The molecule has 10 nitrogen and oxygen atoms in total. The van der Waals surface area contributed by atoms with E-state index in [0.717, 1.165) is 24.0 Å². The highest BCUT2D eigenvalue weighted by molar-refractivity contribution is 5.90. The number of anilines is 1. The van der Waals surface area contributed by atoms with E-state index in [9.17, 15) is 14.0 Å². The molecule has 2 aliphatic rings. The van der Waals surface area contributed by atoms with Gasteiger partial charge >= 0.3 is 18.0 Å². The van der Waals surface area contributed by atoms with Gasteiger partial charge in [-0.15, -0.1) is 0 Å². The van der Waals surface area contributed by atoms with Crippen LogP contribution in [0.5, 0.6) is 0 Å². The molecule has 6 rings (SSSR count). The van der Waals surface area contributed by atoms with Gasteiger partial charge in [-0.05, 0) is 57.4 Å². The summed E-state index contributed by atoms with van der Waals surface area (Å²) in [4.78, 5) is 38.5. The highest BCUT2D eigenvalue weighted by Gasteiger charge is 2.52. The van der Waals surface area contributed by atoms with Crippen molar-refractivity contribution in [2.75, 3.05) is 11.9 Å². The second-order valence-electron chi connectivity index (χ2n) is 11.0. The molecule has 0 bridgehead atoms. The summed E-state index contributed by atoms with van der Waals surface area (Å²) in [6, 6.07) is 14.4. The topological polar surface area (TPSA) is 117 Å². The number of ether oxygens (including phenoxy) is 3. The lowest BCUT2D eigenvalue weighted by molar-refractivity contribution is -0.132. The number of halogens is 1. The average Bonchev–Trinajstić information content (AvgIpc) is 3.58. The molecule has 1 saturated carbocycles. The summed E-state index contributed by atoms with van der Waals surface area (Å²) >= 11 is 0. The minimum atomic E-state index is -1.18. The number of imidazole rings is 1. The Morgan fingerprint density at radius 3 is 2.29 bits per heavy atom. The molecule has 2 aromatic carbocycles. The number of aryl methyl sites for hydroxylation is 2. The second kappa shape index (κ2) is 11.1. The van der Waals surface area contributed by atoms with Gasteiger partial charge < -0.3 is 19.5 Å². The van der Waals surface area contributed by atoms with Crippen molar-refractivity contribution in [2.24, 2.45) is 0 Å². The molecule has 1 N–H and O–H groups in total. The van der Waals surface area contributed by atoms with E-state index in [2.05, 4.69) is 20.3 Å². The van der Waals surface area contributed by atoms with Crippen LogP contribution in [0, 0.1) is 19.9 Å². The summed E-state index contributed by atoms with van der Waals surface area (Å²) in [5.41, 5.74) is 2.32. The highest BCUT2D eigenvalue weighted by Crippen LogP contribution is 2.43. The predicted molar refractivity (Wildman–Crippen MR) is 152 cm³/mol. The summed E-state index contributed by atoms with van der Waals surface area (Å²) in [5.74, 6) is -0.711. The van der Waals surface area contributed by atoms with Gasteiger partial charge in [0.15, 0.2) is 17.0 Å². The van der Waals surface area contributed by atoms with E-state index >= 15 is 0 Å². The fourth-order valence-corrected chi connectivity index (χ4v) is 5.13. The normalized spacial score (nSPS) is 21.8. The summed E-state index contributed by atoms with van der Waals surface area (Å²) in [7, 11) is 0. The zero-order chi connectivity index (χ0) is 29.4. The summed E-state index contributed by atoms with van der Waals surface area (Å²) in [5, 5.41) is 3.21. The predicted octanol–water partition coefficient (Wildman–Crippen LogP) is 5.31. The van der Waals surface area contributed by atoms with E-state index in [0.29, 0.717) is 28.9 Å². The highest BCUT2D eigenvalue weighted by atomic mass is 19.1. The second-order valence-corrected chi connectivity index (χ2v) is 11.0. The first-order valence-electron chi connectivity index (χ1n) is 14.1. The van der Waals surface area contributed by atoms with Crippen LogP contribution in [0.4, 0.5) is 10.2 Å². The third kappa shape index (κ3) is 5.56. The van der Waals surface area contributed by atoms with Crippen LogP contribution in [0.25, 0.3) is 11.2 Å². The average molecular weight is 574 g/mol. The monoisotopic (exact) mass is 573 g/mol. The van der Waals surface area contributed by atoms with Crippen LogP contribution in [-0.4, -0.2) is 55.8 Å². The van der Waals surface area contributed by atoms with Crippen LogP contribution in [0.1, 0.15) is 70.7 Å². The third-order valence-electron chi connectivity index (χ3n) is 7.87. The lowest BCUT2D eigenvalue weighted by atomic mass is 9.94. The number of benzene rings is 2. The van der Waals surface area contributed by atoms with Crippen molar-refractivity contribution < 1.29 is 28.2 Å². The smallest absolute Gasteiger partial charge is 0.338 e. The number of fused-ring (bicyclic) bond motifs is 1. The number of carbonyl (C=O) groups is 2. The van der Waals surface area contributed by atoms with Gasteiger partial charge in [0, 0.05) is 12.5 Å². The van der Waals surface area contributed by atoms with E-state index in [-0.39, 0.29) is 24.7 Å². The van der Waals surface area contributed by atoms with Gasteiger partial charge in [0.1, 0.15) is 24.5 Å². The number of hydrogen-bond acceptors (Lipinski definition) is 9. The molecule has 0 unspecified atom stereocenters. The molecule has 2 aromatic heterocycles. The molecule has 1 saturated heterocycles. The lowest BCUT2D eigenvalue weighted by Crippen LogP contribution is -2.46. The van der Waals surface area contributed by atoms with E-state index in [4.69, 9.17) is 14.2 Å². The van der Waals surface area contributed by atoms with Gasteiger partial charge in [0.25, 0.3) is 0 Å². The molecule has 4 aromatic rings. The first-order chi connectivity index (χ1) is 20.2. The maximum atomic E-state index is 14.5. The van der Waals surface area contributed by atoms with E-state index in [1.54, 1.807) is 28.8 Å². The quantitative estimate of drug-likeness (QED) is 0.210. The van der Waals surface area contributed by atoms with E-state index in [1.807, 2.05) is 45.0 Å². The minimum Gasteiger partial charge on any atom is -0.459 e. The van der Waals surface area contributed by atoms with Crippen molar-refractivity contribution in [1.29, 1.82) is 0 Å². The molecule has 1 aliphatic carbocycles. The number of hydrogen-bond donors (Lipinski definition) is 1. The number of nitrogens with zero attached hydrogens (tertiary/aromatic N) is 4. The molecular formula is C31H32FN5O5. The van der Waals surface area contributed by atoms with Crippen molar-refractivity contribution in [3.8, 4) is 0 Å². The van der Waals surface area contributed by atoms with Gasteiger partial charge in [-0.1, -0.05) is 42.3 Å². The van der Waals surface area contributed by atoms with Crippen LogP contribution >= 0.6 is 0 Å². The van der Waals surface area contributed by atoms with Gasteiger partial charge in [-0.2, -0.15) is 14.4 Å². The van der Waals surface area contributed by atoms with Crippen LogP contribution in [0.3, 0.4) is 0 Å². The Morgan fingerprint density at radius 2 is 1.67 bits per heavy atom. The Morgan fingerprint density at radius 1 is 1.02 bits per heavy atom. The molecule has 0 radical (unpaired) electrons. The van der Waals surface area contributed by atoms with Crippen LogP contribution in [-0.2, 0) is 14.2 Å². The zero-order valence-electron chi connectivity index (χ0n) is 23.7. The Labute approximate surface area is 242 Å². The molecule has 218 valence electrons. The lowest BCUT2D eigenvalue weighted by Gasteiger charge is -2.32. The number of aromatic nitrogens is 4. The van der Waals surface area contributed by atoms with Crippen molar-refractivity contribution in [3.63, 3.8) is 0 Å². The van der Waals surface area contributed by atoms with E-state index in [1.165, 1.54) is 6.33 Å². The molecule has 3 atom stereocenters. The van der Waals surface area contributed by atoms with Gasteiger partial charge in [-0.3, -0.25) is 4.57 Å². The van der Waals surface area contributed by atoms with Crippen LogP contribution in [0.15, 0.2) is 54.9 Å². The van der Waals surface area contributed by atoms with Gasteiger partial charge in [-0.25, -0.2) is 14.6 Å². The molecule has 1 aliphatic heterocycles. The third-order valence-corrected chi connectivity index (χ3v) is 7.87. The summed E-state index contributed by atoms with van der Waals surface area (Å²) in [6.07, 6.45) is 1.64. The molecule has 3 heterocycles. The Balaban J connectivity index is 1.30. The molecular weight excluding hydrogens is 541 g/mol. The summed E-state index contributed by atoms with van der Waals surface area (Å²) < 4.78 is 34.5. The van der Waals surface area contributed by atoms with Gasteiger partial charge in [0.05, 0.1) is 17.5 Å². The first-order valence-corrected chi connectivity index (χ1v) is 14.1. The Kier molecular flexibility index (Phi) is 7.36.